The lowest BCUT2D eigenvalue weighted by molar-refractivity contribution is -0.136. The Labute approximate surface area is 393 Å². The summed E-state index contributed by atoms with van der Waals surface area (Å²) in [4.78, 5) is 83.4. The molecule has 10 rings (SSSR count). The maximum Gasteiger partial charge on any atom is 0.417 e. The number of nitrogens with zero attached hydrogens (tertiary/aromatic N) is 8. The SMILES string of the molecule is CC(C)(C)OC(=O)N1Cc2c(-c3cnc4cc(F)ccn34)ccc(Nc3ccc(N4CCC(OCCCN5CCN(c6ccc7c(c6)CN(C6CCC(=O)NC6=O)C7=O)CC5)CC4)cn3)c2C1=O. The summed E-state index contributed by atoms with van der Waals surface area (Å²) in [7, 11) is 0. The van der Waals surface area contributed by atoms with Crippen LogP contribution in [0.2, 0.25) is 0 Å². The summed E-state index contributed by atoms with van der Waals surface area (Å²) >= 11 is 0. The maximum absolute atomic E-state index is 14.0. The molecule has 0 spiro atoms. The van der Waals surface area contributed by atoms with Gasteiger partial charge in [0.1, 0.15) is 28.9 Å². The van der Waals surface area contributed by atoms with Crippen LogP contribution in [-0.4, -0.2) is 129 Å². The molecular weight excluding hydrogens is 872 g/mol. The summed E-state index contributed by atoms with van der Waals surface area (Å²) in [5.74, 6) is -1.20. The molecule has 68 heavy (non-hydrogen) atoms. The normalized spacial score (nSPS) is 19.2. The van der Waals surface area contributed by atoms with Crippen LogP contribution in [0, 0.1) is 5.82 Å². The lowest BCUT2D eigenvalue weighted by Crippen LogP contribution is -2.52. The lowest BCUT2D eigenvalue weighted by Gasteiger charge is -2.36. The summed E-state index contributed by atoms with van der Waals surface area (Å²) in [6, 6.07) is 15.6. The fraction of sp³-hybridized carbons (Fsp3) is 0.420. The molecule has 3 saturated heterocycles. The van der Waals surface area contributed by atoms with Gasteiger partial charge in [-0.05, 0) is 100 Å². The Hall–Kier alpha value is -6.92. The van der Waals surface area contributed by atoms with Gasteiger partial charge in [-0.1, -0.05) is 6.07 Å². The number of rotatable bonds is 11. The van der Waals surface area contributed by atoms with E-state index in [2.05, 4.69) is 36.4 Å². The van der Waals surface area contributed by atoms with E-state index in [4.69, 9.17) is 14.5 Å². The number of fused-ring (bicyclic) bond motifs is 3. The molecule has 5 aliphatic heterocycles. The number of carbonyl (C=O) groups is 5. The quantitative estimate of drug-likeness (QED) is 0.115. The lowest BCUT2D eigenvalue weighted by atomic mass is 9.99. The largest absolute Gasteiger partial charge is 0.443 e. The molecular formula is C50H55FN10O7. The van der Waals surface area contributed by atoms with E-state index in [-0.39, 0.29) is 30.9 Å². The number of ether oxygens (including phenoxy) is 2. The zero-order valence-corrected chi connectivity index (χ0v) is 38.5. The highest BCUT2D eigenvalue weighted by atomic mass is 19.1. The van der Waals surface area contributed by atoms with Gasteiger partial charge in [-0.3, -0.25) is 33.8 Å². The molecule has 354 valence electrons. The summed E-state index contributed by atoms with van der Waals surface area (Å²) in [6.07, 6.45) is 7.87. The molecule has 0 bridgehead atoms. The Kier molecular flexibility index (Phi) is 12.1. The van der Waals surface area contributed by atoms with Crippen molar-refractivity contribution in [3.8, 4) is 11.3 Å². The molecule has 1 unspecified atom stereocenters. The Balaban J connectivity index is 0.689. The van der Waals surface area contributed by atoms with Crippen LogP contribution in [0.5, 0.6) is 0 Å². The van der Waals surface area contributed by atoms with Gasteiger partial charge in [0.25, 0.3) is 11.8 Å². The van der Waals surface area contributed by atoms with Crippen molar-refractivity contribution < 1.29 is 37.8 Å². The zero-order valence-electron chi connectivity index (χ0n) is 38.5. The Morgan fingerprint density at radius 3 is 2.35 bits per heavy atom. The molecule has 2 aromatic carbocycles. The van der Waals surface area contributed by atoms with Gasteiger partial charge in [0.05, 0.1) is 47.7 Å². The van der Waals surface area contributed by atoms with Gasteiger partial charge >= 0.3 is 6.09 Å². The number of piperazine rings is 1. The molecule has 0 saturated carbocycles. The second kappa shape index (κ2) is 18.3. The first-order valence-corrected chi connectivity index (χ1v) is 23.4. The number of hydrogen-bond acceptors (Lipinski definition) is 13. The van der Waals surface area contributed by atoms with Gasteiger partial charge in [0.15, 0.2) is 0 Å². The molecule has 0 aliphatic carbocycles. The van der Waals surface area contributed by atoms with Crippen molar-refractivity contribution in [3.63, 3.8) is 0 Å². The van der Waals surface area contributed by atoms with E-state index in [1.807, 2.05) is 36.5 Å². The summed E-state index contributed by atoms with van der Waals surface area (Å²) < 4.78 is 27.7. The highest BCUT2D eigenvalue weighted by molar-refractivity contribution is 6.12. The van der Waals surface area contributed by atoms with Crippen molar-refractivity contribution in [2.75, 3.05) is 67.5 Å². The highest BCUT2D eigenvalue weighted by Gasteiger charge is 2.41. The second-order valence-electron chi connectivity index (χ2n) is 19.1. The molecule has 8 heterocycles. The maximum atomic E-state index is 14.0. The minimum atomic E-state index is -0.803. The van der Waals surface area contributed by atoms with Crippen LogP contribution in [-0.2, 0) is 32.2 Å². The van der Waals surface area contributed by atoms with Crippen LogP contribution in [0.1, 0.15) is 84.7 Å². The predicted molar refractivity (Wildman–Crippen MR) is 251 cm³/mol. The summed E-state index contributed by atoms with van der Waals surface area (Å²) in [5.41, 5.74) is 6.03. The molecule has 5 aromatic rings. The Morgan fingerprint density at radius 1 is 0.838 bits per heavy atom. The molecule has 5 aliphatic rings. The van der Waals surface area contributed by atoms with E-state index >= 15 is 0 Å². The molecule has 5 amide bonds. The van der Waals surface area contributed by atoms with E-state index in [0.717, 1.165) is 86.9 Å². The van der Waals surface area contributed by atoms with Crippen LogP contribution in [0.15, 0.2) is 73.2 Å². The number of carbonyl (C=O) groups excluding carboxylic acids is 5. The Bertz CT molecular complexity index is 2790. The van der Waals surface area contributed by atoms with Gasteiger partial charge in [0, 0.05) is 94.5 Å². The van der Waals surface area contributed by atoms with E-state index < -0.39 is 35.4 Å². The fourth-order valence-corrected chi connectivity index (χ4v) is 9.98. The van der Waals surface area contributed by atoms with Crippen molar-refractivity contribution >= 4 is 58.2 Å². The second-order valence-corrected chi connectivity index (χ2v) is 19.1. The standard InChI is InChI=1S/C50H55FN10O7/c1-50(2,3)68-49(66)61-30-38-37(41-28-53-43-26-32(51)13-19-59(41)43)8-9-39(45(38)48(61)65)54-42-11-6-34(27-52-42)57-17-14-35(15-18-57)67-24-4-16-56-20-22-58(23-21-56)33-5-7-36-31(25-33)29-60(47(36)64)40-10-12-44(62)55-46(40)63/h5-9,11,13,19,25-28,35,40H,4,10,12,14-18,20-24,29-30H2,1-3H3,(H,52,54)(H,55,62,63). The number of anilines is 4. The minimum Gasteiger partial charge on any atom is -0.443 e. The van der Waals surface area contributed by atoms with Crippen LogP contribution in [0.3, 0.4) is 0 Å². The predicted octanol–water partition coefficient (Wildman–Crippen LogP) is 6.13. The smallest absolute Gasteiger partial charge is 0.417 e. The topological polar surface area (TPSA) is 174 Å². The summed E-state index contributed by atoms with van der Waals surface area (Å²) in [5, 5.41) is 5.69. The molecule has 2 N–H and O–H groups in total. The average Bonchev–Trinajstić information content (AvgIpc) is 4.00. The Morgan fingerprint density at radius 2 is 1.60 bits per heavy atom. The third kappa shape index (κ3) is 9.09. The first kappa shape index (κ1) is 44.9. The van der Waals surface area contributed by atoms with Gasteiger partial charge < -0.3 is 29.5 Å². The van der Waals surface area contributed by atoms with Crippen LogP contribution in [0.25, 0.3) is 16.9 Å². The average molecular weight is 927 g/mol. The summed E-state index contributed by atoms with van der Waals surface area (Å²) in [6.45, 7) is 12.6. The fourth-order valence-electron chi connectivity index (χ4n) is 9.98. The molecule has 17 nitrogen and oxygen atoms in total. The van der Waals surface area contributed by atoms with Gasteiger partial charge in [-0.2, -0.15) is 0 Å². The number of imide groups is 2. The highest BCUT2D eigenvalue weighted by Crippen LogP contribution is 2.39. The number of hydrogen-bond donors (Lipinski definition) is 2. The number of nitrogens with one attached hydrogen (secondary N) is 2. The van der Waals surface area contributed by atoms with Crippen LogP contribution < -0.4 is 20.4 Å². The molecule has 18 heteroatoms. The number of halogens is 1. The number of amides is 5. The third-order valence-electron chi connectivity index (χ3n) is 13.5. The van der Waals surface area contributed by atoms with Gasteiger partial charge in [0.2, 0.25) is 11.8 Å². The number of piperidine rings is 2. The van der Waals surface area contributed by atoms with Crippen molar-refractivity contribution in [1.29, 1.82) is 0 Å². The number of benzene rings is 2. The molecule has 1 atom stereocenters. The first-order valence-electron chi connectivity index (χ1n) is 23.4. The minimum absolute atomic E-state index is 0.00627. The van der Waals surface area contributed by atoms with Crippen molar-refractivity contribution in [1.82, 2.24) is 34.4 Å². The van der Waals surface area contributed by atoms with E-state index in [0.29, 0.717) is 64.7 Å². The molecule has 0 radical (unpaired) electrons. The zero-order chi connectivity index (χ0) is 47.3. The van der Waals surface area contributed by atoms with E-state index in [1.165, 1.54) is 12.1 Å². The first-order chi connectivity index (χ1) is 32.8. The number of imidazole rings is 1. The van der Waals surface area contributed by atoms with E-state index in [9.17, 15) is 28.4 Å². The van der Waals surface area contributed by atoms with E-state index in [1.54, 1.807) is 48.5 Å². The van der Waals surface area contributed by atoms with Crippen LogP contribution >= 0.6 is 0 Å². The molecule has 3 fully saturated rings. The van der Waals surface area contributed by atoms with Crippen LogP contribution in [0.4, 0.5) is 32.1 Å². The number of aromatic nitrogens is 3. The monoisotopic (exact) mass is 926 g/mol. The van der Waals surface area contributed by atoms with Crippen molar-refractivity contribution in [3.05, 3.63) is 101 Å². The number of pyridine rings is 2. The van der Waals surface area contributed by atoms with Crippen molar-refractivity contribution in [2.45, 2.75) is 83.7 Å². The van der Waals surface area contributed by atoms with Crippen molar-refractivity contribution in [2.24, 2.45) is 0 Å². The van der Waals surface area contributed by atoms with Gasteiger partial charge in [-0.25, -0.2) is 24.1 Å². The molecule has 3 aromatic heterocycles. The third-order valence-corrected chi connectivity index (χ3v) is 13.5. The van der Waals surface area contributed by atoms with Gasteiger partial charge in [-0.15, -0.1) is 0 Å².